The normalized spacial score (nSPS) is 1.00. The molecular formula is CH4Br2O. The van der Waals surface area contributed by atoms with Gasteiger partial charge in [-0.3, -0.25) is 0 Å². The van der Waals surface area contributed by atoms with E-state index in [1.54, 1.807) is 0 Å². The molecule has 0 fully saturated rings. The molecule has 0 aromatic carbocycles. The van der Waals surface area contributed by atoms with Gasteiger partial charge in [0.15, 0.2) is 0 Å². The van der Waals surface area contributed by atoms with Crippen molar-refractivity contribution in [3.05, 3.63) is 0 Å². The Bertz CT molecular complexity index is 6.00. The Hall–Kier alpha value is 0.630. The van der Waals surface area contributed by atoms with E-state index in [1.165, 1.54) is 0 Å². The van der Waals surface area contributed by atoms with Crippen molar-refractivity contribution >= 4 is 40.8 Å². The topological polar surface area (TPSA) is 17.1 Å². The van der Waals surface area contributed by atoms with E-state index in [0.29, 0.717) is 0 Å². The summed E-state index contributed by atoms with van der Waals surface area (Å²) >= 11 is 0. The summed E-state index contributed by atoms with van der Waals surface area (Å²) in [6, 6.07) is 0. The molecule has 0 aliphatic carbocycles. The molecule has 0 saturated carbocycles. The number of halogens is 2. The molecule has 3 heteroatoms. The summed E-state index contributed by atoms with van der Waals surface area (Å²) in [4.78, 5) is 8.00. The highest BCUT2D eigenvalue weighted by Crippen LogP contribution is 0.847. The van der Waals surface area contributed by atoms with E-state index in [1.807, 2.05) is 6.79 Å². The Kier molecular flexibility index (Phi) is 363. The van der Waals surface area contributed by atoms with Gasteiger partial charge in [-0.05, 0) is 0 Å². The van der Waals surface area contributed by atoms with Crippen LogP contribution in [0.5, 0.6) is 0 Å². The molecule has 1 nitrogen and oxygen atoms in total. The fourth-order valence-corrected chi connectivity index (χ4v) is 0. The molecule has 4 heavy (non-hydrogen) atoms. The minimum Gasteiger partial charge on any atom is -0.307 e. The van der Waals surface area contributed by atoms with Gasteiger partial charge in [0.25, 0.3) is 0 Å². The first kappa shape index (κ1) is 23.0. The summed E-state index contributed by atoms with van der Waals surface area (Å²) in [5.74, 6) is 0. The maximum atomic E-state index is 8.00. The summed E-state index contributed by atoms with van der Waals surface area (Å²) in [6.07, 6.45) is 0. The second-order valence-corrected chi connectivity index (χ2v) is 0. The number of hydrogen-bond acceptors (Lipinski definition) is 1. The van der Waals surface area contributed by atoms with Crippen LogP contribution in [0.15, 0.2) is 0 Å². The molecule has 0 spiro atoms. The molecule has 0 aliphatic rings. The lowest BCUT2D eigenvalue weighted by molar-refractivity contribution is -0.0979. The molecule has 0 aromatic rings. The van der Waals surface area contributed by atoms with Gasteiger partial charge in [-0.25, -0.2) is 0 Å². The van der Waals surface area contributed by atoms with Crippen LogP contribution < -0.4 is 0 Å². The third-order valence-electron chi connectivity index (χ3n) is 0. The Morgan fingerprint density at radius 1 is 1.00 bits per heavy atom. The van der Waals surface area contributed by atoms with Gasteiger partial charge in [-0.2, -0.15) is 0 Å². The first-order valence-corrected chi connectivity index (χ1v) is 0.289. The molecule has 28 valence electrons. The highest BCUT2D eigenvalue weighted by Gasteiger charge is 0.636. The molecule has 0 saturated heterocycles. The molecule has 0 rings (SSSR count). The molecular weight excluding hydrogens is 188 g/mol. The first-order chi connectivity index (χ1) is 1.00. The van der Waals surface area contributed by atoms with E-state index in [9.17, 15) is 0 Å². The number of carbonyl (C=O) groups excluding carboxylic acids is 1. The van der Waals surface area contributed by atoms with Gasteiger partial charge in [0.1, 0.15) is 6.79 Å². The SMILES string of the molecule is Br.Br.C=O. The van der Waals surface area contributed by atoms with Crippen LogP contribution in [0.1, 0.15) is 0 Å². The van der Waals surface area contributed by atoms with Crippen molar-refractivity contribution in [2.75, 3.05) is 0 Å². The van der Waals surface area contributed by atoms with Gasteiger partial charge in [0.2, 0.25) is 0 Å². The smallest absolute Gasteiger partial charge is 0.106 e. The van der Waals surface area contributed by atoms with Crippen LogP contribution >= 0.6 is 34.0 Å². The Labute approximate surface area is 45.9 Å². The largest absolute Gasteiger partial charge is 0.307 e. The van der Waals surface area contributed by atoms with E-state index in [2.05, 4.69) is 0 Å². The fraction of sp³-hybridized carbons (Fsp3) is 0. The number of rotatable bonds is 0. The Morgan fingerprint density at radius 2 is 1.00 bits per heavy atom. The molecule has 0 radical (unpaired) electrons. The van der Waals surface area contributed by atoms with Gasteiger partial charge < -0.3 is 4.79 Å². The molecule has 0 aliphatic heterocycles. The molecule has 0 N–H and O–H groups in total. The minimum atomic E-state index is 0. The molecule has 0 unspecified atom stereocenters. The van der Waals surface area contributed by atoms with Gasteiger partial charge in [0.05, 0.1) is 0 Å². The van der Waals surface area contributed by atoms with Gasteiger partial charge in [0, 0.05) is 0 Å². The average Bonchev–Trinajstić information content (AvgIpc) is 1.00. The average molecular weight is 192 g/mol. The predicted octanol–water partition coefficient (Wildman–Crippen LogP) is 0.971. The van der Waals surface area contributed by atoms with Crippen LogP contribution in [0.4, 0.5) is 0 Å². The Morgan fingerprint density at radius 3 is 1.00 bits per heavy atom. The first-order valence-electron chi connectivity index (χ1n) is 0.289. The molecule has 0 amide bonds. The molecule has 0 atom stereocenters. The summed E-state index contributed by atoms with van der Waals surface area (Å²) < 4.78 is 0. The zero-order valence-corrected chi connectivity index (χ0v) is 5.36. The van der Waals surface area contributed by atoms with Crippen LogP contribution in [0, 0.1) is 0 Å². The quantitative estimate of drug-likeness (QED) is 0.558. The third-order valence-corrected chi connectivity index (χ3v) is 0. The van der Waals surface area contributed by atoms with E-state index in [4.69, 9.17) is 4.79 Å². The summed E-state index contributed by atoms with van der Waals surface area (Å²) in [6.45, 7) is 2.00. The van der Waals surface area contributed by atoms with Crippen molar-refractivity contribution in [1.82, 2.24) is 0 Å². The van der Waals surface area contributed by atoms with Crippen LogP contribution in [-0.4, -0.2) is 6.79 Å². The van der Waals surface area contributed by atoms with Gasteiger partial charge in [-0.1, -0.05) is 0 Å². The summed E-state index contributed by atoms with van der Waals surface area (Å²) in [7, 11) is 0. The van der Waals surface area contributed by atoms with Crippen molar-refractivity contribution in [3.8, 4) is 0 Å². The number of hydrogen-bond donors (Lipinski definition) is 0. The number of carbonyl (C=O) groups is 1. The second-order valence-electron chi connectivity index (χ2n) is 0. The minimum absolute atomic E-state index is 0. The molecule has 0 heterocycles. The van der Waals surface area contributed by atoms with Crippen molar-refractivity contribution in [3.63, 3.8) is 0 Å². The van der Waals surface area contributed by atoms with Crippen molar-refractivity contribution < 1.29 is 4.79 Å². The van der Waals surface area contributed by atoms with Crippen LogP contribution in [0.2, 0.25) is 0 Å². The summed E-state index contributed by atoms with van der Waals surface area (Å²) in [5, 5.41) is 0. The van der Waals surface area contributed by atoms with Gasteiger partial charge >= 0.3 is 0 Å². The monoisotopic (exact) mass is 190 g/mol. The van der Waals surface area contributed by atoms with E-state index in [0.717, 1.165) is 0 Å². The van der Waals surface area contributed by atoms with Crippen molar-refractivity contribution in [2.45, 2.75) is 0 Å². The summed E-state index contributed by atoms with van der Waals surface area (Å²) in [5.41, 5.74) is 0. The highest BCUT2D eigenvalue weighted by atomic mass is 79.9. The van der Waals surface area contributed by atoms with Crippen LogP contribution in [0.3, 0.4) is 0 Å². The van der Waals surface area contributed by atoms with Crippen LogP contribution in [-0.2, 0) is 4.79 Å². The predicted molar refractivity (Wildman–Crippen MR) is 27.8 cm³/mol. The molecule has 0 aromatic heterocycles. The second kappa shape index (κ2) is 63.3. The zero-order valence-electron chi connectivity index (χ0n) is 1.93. The Balaban J connectivity index is -0.00000000500. The van der Waals surface area contributed by atoms with E-state index >= 15 is 0 Å². The maximum absolute atomic E-state index is 8.00. The third kappa shape index (κ3) is 17.6. The maximum Gasteiger partial charge on any atom is 0.106 e. The fourth-order valence-electron chi connectivity index (χ4n) is 0. The van der Waals surface area contributed by atoms with E-state index < -0.39 is 0 Å². The van der Waals surface area contributed by atoms with E-state index in [-0.39, 0.29) is 34.0 Å². The van der Waals surface area contributed by atoms with Crippen molar-refractivity contribution in [2.24, 2.45) is 0 Å². The van der Waals surface area contributed by atoms with Crippen molar-refractivity contribution in [1.29, 1.82) is 0 Å². The lowest BCUT2D eigenvalue weighted by Crippen LogP contribution is -0.925. The van der Waals surface area contributed by atoms with Crippen LogP contribution in [0.25, 0.3) is 0 Å². The lowest BCUT2D eigenvalue weighted by atomic mass is 11.9. The standard InChI is InChI=1S/CH2O.2BrH/c1-2;;/h1H2;2*1H. The van der Waals surface area contributed by atoms with Gasteiger partial charge in [-0.15, -0.1) is 34.0 Å². The lowest BCUT2D eigenvalue weighted by Gasteiger charge is -0.837. The zero-order chi connectivity index (χ0) is 2.00. The molecule has 0 bridgehead atoms. The highest BCUT2D eigenvalue weighted by molar-refractivity contribution is 8.93.